The van der Waals surface area contributed by atoms with Gasteiger partial charge in [0.2, 0.25) is 6.29 Å². The van der Waals surface area contributed by atoms with E-state index in [1.165, 1.54) is 14.0 Å². The molecule has 0 amide bonds. The number of methoxy groups -OCH3 is 1. The molecule has 0 fully saturated rings. The lowest BCUT2D eigenvalue weighted by Crippen LogP contribution is -2.26. The van der Waals surface area contributed by atoms with Gasteiger partial charge < -0.3 is 23.7 Å². The first-order chi connectivity index (χ1) is 18.9. The zero-order valence-electron chi connectivity index (χ0n) is 22.9. The molecule has 0 aromatic rings. The summed E-state index contributed by atoms with van der Waals surface area (Å²) in [7, 11) is 1.38. The highest BCUT2D eigenvalue weighted by Crippen LogP contribution is 2.09. The Morgan fingerprint density at radius 2 is 1.27 bits per heavy atom. The molecule has 0 saturated carbocycles. The van der Waals surface area contributed by atoms with E-state index in [-0.39, 0.29) is 25.2 Å². The zero-order chi connectivity index (χ0) is 31.8. The summed E-state index contributed by atoms with van der Waals surface area (Å²) in [6.45, 7) is 16.3. The van der Waals surface area contributed by atoms with Crippen LogP contribution in [0.4, 0.5) is 0 Å². The van der Waals surface area contributed by atoms with E-state index in [2.05, 4.69) is 40.5 Å². The molecule has 0 aromatic carbocycles. The molecule has 0 bridgehead atoms. The van der Waals surface area contributed by atoms with Crippen molar-refractivity contribution in [2.45, 2.75) is 39.4 Å². The van der Waals surface area contributed by atoms with Gasteiger partial charge >= 0.3 is 23.9 Å². The molecule has 0 saturated heterocycles. The number of hydrogen-bond acceptors (Lipinski definition) is 13. The number of carbonyl (C=O) groups is 4. The average molecular weight is 559 g/mol. The summed E-state index contributed by atoms with van der Waals surface area (Å²) in [6, 6.07) is 7.35. The lowest BCUT2D eigenvalue weighted by atomic mass is 10.2. The third kappa shape index (κ3) is 32.8. The van der Waals surface area contributed by atoms with E-state index in [1.807, 2.05) is 18.2 Å². The van der Waals surface area contributed by atoms with Crippen LogP contribution in [0.3, 0.4) is 0 Å². The van der Waals surface area contributed by atoms with Gasteiger partial charge in [-0.25, -0.2) is 19.2 Å². The van der Waals surface area contributed by atoms with Gasteiger partial charge in [0.05, 0.1) is 31.2 Å². The number of ether oxygens (including phenoxy) is 5. The number of nitrogens with zero attached hydrogens (tertiary/aromatic N) is 4. The molecule has 2 atom stereocenters. The van der Waals surface area contributed by atoms with Gasteiger partial charge in [-0.1, -0.05) is 26.3 Å². The van der Waals surface area contributed by atoms with Crippen molar-refractivity contribution in [3.05, 3.63) is 50.1 Å². The minimum absolute atomic E-state index is 0.154. The molecule has 0 aromatic heterocycles. The fourth-order valence-corrected chi connectivity index (χ4v) is 1.42. The van der Waals surface area contributed by atoms with Gasteiger partial charge in [0.1, 0.15) is 18.6 Å². The molecule has 0 aliphatic heterocycles. The quantitative estimate of drug-likeness (QED) is 0.105. The van der Waals surface area contributed by atoms with Gasteiger partial charge in [0.25, 0.3) is 0 Å². The van der Waals surface area contributed by atoms with Gasteiger partial charge in [-0.15, -0.1) is 0 Å². The predicted molar refractivity (Wildman–Crippen MR) is 141 cm³/mol. The van der Waals surface area contributed by atoms with Crippen LogP contribution in [0.2, 0.25) is 0 Å². The van der Waals surface area contributed by atoms with Gasteiger partial charge in [0, 0.05) is 37.3 Å². The van der Waals surface area contributed by atoms with E-state index in [4.69, 9.17) is 30.5 Å². The maximum atomic E-state index is 11.0. The van der Waals surface area contributed by atoms with Crippen LogP contribution in [0.5, 0.6) is 0 Å². The number of unbranched alkanes of at least 4 members (excludes halogenated alkanes) is 1. The molecule has 0 aliphatic carbocycles. The Morgan fingerprint density at radius 1 is 0.800 bits per heavy atom. The Balaban J connectivity index is -0.000000220. The first-order valence-electron chi connectivity index (χ1n) is 11.2. The molecule has 0 rings (SSSR count). The van der Waals surface area contributed by atoms with Gasteiger partial charge in [0.15, 0.2) is 6.61 Å². The van der Waals surface area contributed by atoms with Crippen molar-refractivity contribution in [2.75, 3.05) is 26.9 Å². The molecule has 13 nitrogen and oxygen atoms in total. The highest BCUT2D eigenvalue weighted by molar-refractivity contribution is 5.87. The predicted octanol–water partition coefficient (Wildman–Crippen LogP) is 3.13. The highest BCUT2D eigenvalue weighted by atomic mass is 16.7. The topological polar surface area (TPSA) is 210 Å². The lowest BCUT2D eigenvalue weighted by molar-refractivity contribution is -0.174. The summed E-state index contributed by atoms with van der Waals surface area (Å²) < 4.78 is 22.9. The van der Waals surface area contributed by atoms with Crippen LogP contribution in [-0.4, -0.2) is 57.1 Å². The maximum Gasteiger partial charge on any atom is 0.335 e. The monoisotopic (exact) mass is 558 g/mol. The van der Waals surface area contributed by atoms with Gasteiger partial charge in [-0.05, 0) is 20.3 Å². The second-order valence-electron chi connectivity index (χ2n) is 6.59. The summed E-state index contributed by atoms with van der Waals surface area (Å²) >= 11 is 0. The number of rotatable bonds is 13. The van der Waals surface area contributed by atoms with E-state index in [9.17, 15) is 19.2 Å². The molecule has 2 unspecified atom stereocenters. The Labute approximate surface area is 234 Å². The first kappa shape index (κ1) is 41.9. The fourth-order valence-electron chi connectivity index (χ4n) is 1.42. The second-order valence-corrected chi connectivity index (χ2v) is 6.59. The van der Waals surface area contributed by atoms with Crippen molar-refractivity contribution in [2.24, 2.45) is 5.92 Å². The van der Waals surface area contributed by atoms with Crippen LogP contribution in [-0.2, 0) is 42.9 Å². The van der Waals surface area contributed by atoms with E-state index in [0.29, 0.717) is 19.4 Å². The molecule has 0 N–H and O–H groups in total. The summed E-state index contributed by atoms with van der Waals surface area (Å²) in [6.07, 6.45) is 3.61. The maximum absolute atomic E-state index is 11.0. The Bertz CT molecular complexity index is 995. The molecule has 216 valence electrons. The van der Waals surface area contributed by atoms with E-state index < -0.39 is 36.1 Å². The molecule has 0 radical (unpaired) electrons. The minimum Gasteiger partial charge on any atom is -0.463 e. The number of carbonyl (C=O) groups excluding carboxylic acids is 4. The second kappa shape index (κ2) is 31.8. The molecular weight excluding hydrogens is 524 g/mol. The summed E-state index contributed by atoms with van der Waals surface area (Å²) in [4.78, 5) is 41.7. The average Bonchev–Trinajstić information content (AvgIpc) is 2.96. The number of hydrogen-bond donors (Lipinski definition) is 0. The van der Waals surface area contributed by atoms with Crippen LogP contribution in [0.15, 0.2) is 50.1 Å². The molecule has 0 spiro atoms. The normalized spacial score (nSPS) is 9.57. The highest BCUT2D eigenvalue weighted by Gasteiger charge is 2.20. The van der Waals surface area contributed by atoms with E-state index >= 15 is 0 Å². The summed E-state index contributed by atoms with van der Waals surface area (Å²) in [5, 5.41) is 32.5. The van der Waals surface area contributed by atoms with Crippen molar-refractivity contribution >= 4 is 23.9 Å². The summed E-state index contributed by atoms with van der Waals surface area (Å²) in [5.41, 5.74) is 0.284. The van der Waals surface area contributed by atoms with E-state index in [1.54, 1.807) is 13.0 Å². The molecule has 40 heavy (non-hydrogen) atoms. The Hall–Kier alpha value is -5.24. The molecule has 0 heterocycles. The van der Waals surface area contributed by atoms with Crippen molar-refractivity contribution in [3.8, 4) is 24.3 Å². The van der Waals surface area contributed by atoms with Crippen LogP contribution < -0.4 is 0 Å². The van der Waals surface area contributed by atoms with Gasteiger partial charge in [-0.2, -0.15) is 21.0 Å². The number of nitriles is 4. The first-order valence-corrected chi connectivity index (χ1v) is 11.2. The van der Waals surface area contributed by atoms with E-state index in [0.717, 1.165) is 18.2 Å². The van der Waals surface area contributed by atoms with Gasteiger partial charge in [-0.3, -0.25) is 0 Å². The minimum atomic E-state index is -0.825. The Morgan fingerprint density at radius 3 is 1.65 bits per heavy atom. The fraction of sp³-hybridized carbons (Fsp3) is 0.407. The third-order valence-corrected chi connectivity index (χ3v) is 3.33. The lowest BCUT2D eigenvalue weighted by Gasteiger charge is -2.17. The summed E-state index contributed by atoms with van der Waals surface area (Å²) in [5.74, 6) is -2.52. The Kier molecular flexibility index (Phi) is 33.3. The van der Waals surface area contributed by atoms with Crippen molar-refractivity contribution < 1.29 is 42.9 Å². The zero-order valence-corrected chi connectivity index (χ0v) is 22.9. The standard InChI is InChI=1S/C9H13NO3.C7H9NO2.C6H7NO2.C5H5NO2/c1-6(2)8(11)13-9(12-4)7(3)5-10;1-2-7(9)10-6-4-3-5-8;1-2-6(8)9-5-3-4-7;1-2-5(7)8-4-3-6/h7,9H,1H2,2-4H3;2H,1,3-4,6H2;2H,1,3,5H2;2H,1,4H2. The van der Waals surface area contributed by atoms with Crippen molar-refractivity contribution in [3.63, 3.8) is 0 Å². The van der Waals surface area contributed by atoms with Crippen LogP contribution in [0.1, 0.15) is 33.1 Å². The molecule has 13 heteroatoms. The van der Waals surface area contributed by atoms with Crippen molar-refractivity contribution in [1.82, 2.24) is 0 Å². The van der Waals surface area contributed by atoms with Crippen LogP contribution >= 0.6 is 0 Å². The largest absolute Gasteiger partial charge is 0.463 e. The van der Waals surface area contributed by atoms with Crippen LogP contribution in [0.25, 0.3) is 0 Å². The van der Waals surface area contributed by atoms with Crippen LogP contribution in [0, 0.1) is 51.2 Å². The van der Waals surface area contributed by atoms with Crippen molar-refractivity contribution in [1.29, 1.82) is 21.0 Å². The molecular formula is C27H34N4O9. The third-order valence-electron chi connectivity index (χ3n) is 3.33. The smallest absolute Gasteiger partial charge is 0.335 e. The molecule has 0 aliphatic rings. The number of esters is 4. The SMILES string of the molecule is C=C(C)C(=O)OC(OC)C(C)C#N.C=CC(=O)OCC#N.C=CC(=O)OCCC#N.C=CC(=O)OCCCC#N.